The molecule has 1 aromatic rings. The van der Waals surface area contributed by atoms with Crippen LogP contribution in [0, 0.1) is 0 Å². The second kappa shape index (κ2) is 7.74. The first-order valence-electron chi connectivity index (χ1n) is 4.99. The predicted molar refractivity (Wildman–Crippen MR) is 71.4 cm³/mol. The van der Waals surface area contributed by atoms with Crippen molar-refractivity contribution in [1.29, 1.82) is 0 Å². The van der Waals surface area contributed by atoms with Crippen molar-refractivity contribution in [2.45, 2.75) is 6.54 Å². The minimum absolute atomic E-state index is 0. The topological polar surface area (TPSA) is 38.5 Å². The van der Waals surface area contributed by atoms with Gasteiger partial charge in [0, 0.05) is 25.3 Å². The van der Waals surface area contributed by atoms with Crippen molar-refractivity contribution in [3.8, 4) is 0 Å². The van der Waals surface area contributed by atoms with E-state index < -0.39 is 0 Å². The molecule has 0 amide bonds. The van der Waals surface area contributed by atoms with Crippen LogP contribution in [0.3, 0.4) is 0 Å². The molecule has 0 aliphatic carbocycles. The van der Waals surface area contributed by atoms with Crippen molar-refractivity contribution in [3.63, 3.8) is 0 Å². The molecule has 92 valence electrons. The minimum atomic E-state index is 0. The highest BCUT2D eigenvalue weighted by Crippen LogP contribution is 2.10. The fourth-order valence-electron chi connectivity index (χ4n) is 1.71. The summed E-state index contributed by atoms with van der Waals surface area (Å²) in [6.07, 6.45) is 0. The van der Waals surface area contributed by atoms with E-state index in [-0.39, 0.29) is 24.8 Å². The maximum atomic E-state index is 5.72. The third-order valence-electron chi connectivity index (χ3n) is 2.46. The molecular formula is C11H18Cl2N2O. The van der Waals surface area contributed by atoms with Gasteiger partial charge in [0.25, 0.3) is 0 Å². The lowest BCUT2D eigenvalue weighted by Crippen LogP contribution is -2.35. The number of benzene rings is 1. The van der Waals surface area contributed by atoms with Gasteiger partial charge in [-0.1, -0.05) is 12.1 Å². The molecule has 1 heterocycles. The van der Waals surface area contributed by atoms with Crippen LogP contribution in [0.1, 0.15) is 5.56 Å². The number of rotatable bonds is 2. The van der Waals surface area contributed by atoms with E-state index in [1.54, 1.807) is 0 Å². The van der Waals surface area contributed by atoms with Crippen LogP contribution < -0.4 is 5.73 Å². The van der Waals surface area contributed by atoms with Gasteiger partial charge in [-0.15, -0.1) is 24.8 Å². The van der Waals surface area contributed by atoms with Crippen molar-refractivity contribution in [2.75, 3.05) is 32.0 Å². The van der Waals surface area contributed by atoms with E-state index in [0.717, 1.165) is 38.5 Å². The van der Waals surface area contributed by atoms with Crippen molar-refractivity contribution in [1.82, 2.24) is 4.90 Å². The summed E-state index contributed by atoms with van der Waals surface area (Å²) >= 11 is 0. The van der Waals surface area contributed by atoms with Crippen LogP contribution >= 0.6 is 24.8 Å². The molecule has 0 bridgehead atoms. The summed E-state index contributed by atoms with van der Waals surface area (Å²) in [6, 6.07) is 8.08. The first-order chi connectivity index (χ1) is 6.84. The Labute approximate surface area is 109 Å². The molecule has 0 saturated carbocycles. The molecule has 16 heavy (non-hydrogen) atoms. The number of hydrogen-bond acceptors (Lipinski definition) is 3. The standard InChI is InChI=1S/C11H16N2O.2ClH/c12-11-3-1-2-10(8-11)9-13-4-6-14-7-5-13;;/h1-3,8H,4-7,9,12H2;2*1H. The number of morpholine rings is 1. The first-order valence-corrected chi connectivity index (χ1v) is 4.99. The number of halogens is 2. The zero-order valence-corrected chi connectivity index (χ0v) is 10.7. The van der Waals surface area contributed by atoms with Gasteiger partial charge in [0.1, 0.15) is 0 Å². The smallest absolute Gasteiger partial charge is 0.0594 e. The van der Waals surface area contributed by atoms with E-state index >= 15 is 0 Å². The summed E-state index contributed by atoms with van der Waals surface area (Å²) in [6.45, 7) is 4.72. The minimum Gasteiger partial charge on any atom is -0.399 e. The second-order valence-corrected chi connectivity index (χ2v) is 3.63. The van der Waals surface area contributed by atoms with Crippen LogP contribution in [-0.4, -0.2) is 31.2 Å². The average molecular weight is 265 g/mol. The van der Waals surface area contributed by atoms with Gasteiger partial charge in [-0.05, 0) is 17.7 Å². The first kappa shape index (κ1) is 15.5. The van der Waals surface area contributed by atoms with Crippen LogP contribution in [0.2, 0.25) is 0 Å². The highest BCUT2D eigenvalue weighted by Gasteiger charge is 2.10. The molecule has 0 unspecified atom stereocenters. The lowest BCUT2D eigenvalue weighted by molar-refractivity contribution is 0.0342. The maximum Gasteiger partial charge on any atom is 0.0594 e. The zero-order chi connectivity index (χ0) is 9.80. The Balaban J connectivity index is 0.00000112. The number of hydrogen-bond donors (Lipinski definition) is 1. The lowest BCUT2D eigenvalue weighted by atomic mass is 10.2. The normalized spacial score (nSPS) is 16.0. The molecule has 2 rings (SSSR count). The van der Waals surface area contributed by atoms with Crippen LogP contribution in [0.5, 0.6) is 0 Å². The van der Waals surface area contributed by atoms with E-state index in [2.05, 4.69) is 11.0 Å². The van der Waals surface area contributed by atoms with Gasteiger partial charge in [-0.2, -0.15) is 0 Å². The Kier molecular flexibility index (Phi) is 7.51. The number of nitrogens with two attached hydrogens (primary N) is 1. The van der Waals surface area contributed by atoms with E-state index in [1.807, 2.05) is 18.2 Å². The summed E-state index contributed by atoms with van der Waals surface area (Å²) in [5.74, 6) is 0. The molecule has 2 N–H and O–H groups in total. The molecule has 0 radical (unpaired) electrons. The van der Waals surface area contributed by atoms with Crippen LogP contribution in [0.4, 0.5) is 5.69 Å². The molecular weight excluding hydrogens is 247 g/mol. The van der Waals surface area contributed by atoms with Gasteiger partial charge in [-0.25, -0.2) is 0 Å². The molecule has 0 aromatic heterocycles. The Bertz CT molecular complexity index is 304. The Morgan fingerprint density at radius 3 is 2.50 bits per heavy atom. The van der Waals surface area contributed by atoms with Gasteiger partial charge < -0.3 is 10.5 Å². The van der Waals surface area contributed by atoms with Gasteiger partial charge in [0.05, 0.1) is 13.2 Å². The number of anilines is 1. The fraction of sp³-hybridized carbons (Fsp3) is 0.455. The Hall–Kier alpha value is -0.480. The summed E-state index contributed by atoms with van der Waals surface area (Å²) in [5.41, 5.74) is 7.85. The summed E-state index contributed by atoms with van der Waals surface area (Å²) in [7, 11) is 0. The SMILES string of the molecule is Cl.Cl.Nc1cccc(CN2CCOCC2)c1. The van der Waals surface area contributed by atoms with E-state index in [0.29, 0.717) is 0 Å². The molecule has 1 saturated heterocycles. The summed E-state index contributed by atoms with van der Waals surface area (Å²) in [4.78, 5) is 2.39. The fourth-order valence-corrected chi connectivity index (χ4v) is 1.71. The predicted octanol–water partition coefficient (Wildman–Crippen LogP) is 1.94. The number of nitrogens with zero attached hydrogens (tertiary/aromatic N) is 1. The van der Waals surface area contributed by atoms with Gasteiger partial charge in [0.2, 0.25) is 0 Å². The van der Waals surface area contributed by atoms with Gasteiger partial charge in [-0.3, -0.25) is 4.90 Å². The molecule has 1 fully saturated rings. The third-order valence-corrected chi connectivity index (χ3v) is 2.46. The monoisotopic (exact) mass is 264 g/mol. The quantitative estimate of drug-likeness (QED) is 0.830. The van der Waals surface area contributed by atoms with Crippen LogP contribution in [0.15, 0.2) is 24.3 Å². The molecule has 5 heteroatoms. The molecule has 1 aliphatic rings. The molecule has 1 aromatic carbocycles. The average Bonchev–Trinajstić information content (AvgIpc) is 2.19. The van der Waals surface area contributed by atoms with Crippen molar-refractivity contribution in [3.05, 3.63) is 29.8 Å². The van der Waals surface area contributed by atoms with Crippen molar-refractivity contribution in [2.24, 2.45) is 0 Å². The summed E-state index contributed by atoms with van der Waals surface area (Å²) < 4.78 is 5.29. The maximum absolute atomic E-state index is 5.72. The van der Waals surface area contributed by atoms with E-state index in [4.69, 9.17) is 10.5 Å². The number of ether oxygens (including phenoxy) is 1. The third kappa shape index (κ3) is 4.58. The summed E-state index contributed by atoms with van der Waals surface area (Å²) in [5, 5.41) is 0. The Morgan fingerprint density at radius 2 is 1.88 bits per heavy atom. The zero-order valence-electron chi connectivity index (χ0n) is 9.09. The van der Waals surface area contributed by atoms with Gasteiger partial charge >= 0.3 is 0 Å². The highest BCUT2D eigenvalue weighted by atomic mass is 35.5. The van der Waals surface area contributed by atoms with Gasteiger partial charge in [0.15, 0.2) is 0 Å². The molecule has 3 nitrogen and oxygen atoms in total. The van der Waals surface area contributed by atoms with E-state index in [9.17, 15) is 0 Å². The largest absolute Gasteiger partial charge is 0.399 e. The second-order valence-electron chi connectivity index (χ2n) is 3.63. The molecule has 0 spiro atoms. The molecule has 0 atom stereocenters. The lowest BCUT2D eigenvalue weighted by Gasteiger charge is -2.26. The number of nitrogen functional groups attached to an aromatic ring is 1. The van der Waals surface area contributed by atoms with Crippen molar-refractivity contribution < 1.29 is 4.74 Å². The molecule has 1 aliphatic heterocycles. The van der Waals surface area contributed by atoms with Crippen LogP contribution in [-0.2, 0) is 11.3 Å². The van der Waals surface area contributed by atoms with Crippen LogP contribution in [0.25, 0.3) is 0 Å². The highest BCUT2D eigenvalue weighted by molar-refractivity contribution is 5.85. The van der Waals surface area contributed by atoms with Crippen molar-refractivity contribution >= 4 is 30.5 Å². The van der Waals surface area contributed by atoms with E-state index in [1.165, 1.54) is 5.56 Å². The Morgan fingerprint density at radius 1 is 1.19 bits per heavy atom.